The molecule has 0 spiro atoms. The zero-order chi connectivity index (χ0) is 14.5. The van der Waals surface area contributed by atoms with E-state index < -0.39 is 11.6 Å². The number of nitrogens with one attached hydrogen (secondary N) is 1. The van der Waals surface area contributed by atoms with Crippen LogP contribution in [0, 0.1) is 11.6 Å². The smallest absolute Gasteiger partial charge is 0.129 e. The van der Waals surface area contributed by atoms with Crippen LogP contribution in [0.3, 0.4) is 0 Å². The second-order valence-corrected chi connectivity index (χ2v) is 5.31. The van der Waals surface area contributed by atoms with Crippen molar-refractivity contribution >= 4 is 11.8 Å². The Labute approximate surface area is 121 Å². The van der Waals surface area contributed by atoms with Crippen LogP contribution in [0.2, 0.25) is 0 Å². The van der Waals surface area contributed by atoms with Gasteiger partial charge < -0.3 is 0 Å². The molecule has 2 rings (SSSR count). The predicted molar refractivity (Wildman–Crippen MR) is 78.3 cm³/mol. The Kier molecular flexibility index (Phi) is 5.11. The lowest BCUT2D eigenvalue weighted by Crippen LogP contribution is -2.29. The molecule has 0 aromatic heterocycles. The third kappa shape index (κ3) is 3.56. The molecule has 5 heteroatoms. The molecule has 0 bridgehead atoms. The van der Waals surface area contributed by atoms with Crippen molar-refractivity contribution in [1.82, 2.24) is 5.43 Å². The summed E-state index contributed by atoms with van der Waals surface area (Å²) in [6.07, 6.45) is 2.36. The third-order valence-corrected chi connectivity index (χ3v) is 3.90. The first-order valence-electron chi connectivity index (χ1n) is 6.18. The predicted octanol–water partition coefficient (Wildman–Crippen LogP) is 3.43. The Bertz CT molecular complexity index is 573. The first-order chi connectivity index (χ1) is 9.63. The normalized spacial score (nSPS) is 12.4. The van der Waals surface area contributed by atoms with E-state index in [-0.39, 0.29) is 6.04 Å². The van der Waals surface area contributed by atoms with Crippen LogP contribution in [0.15, 0.2) is 47.4 Å². The van der Waals surface area contributed by atoms with Gasteiger partial charge in [-0.3, -0.25) is 11.3 Å². The summed E-state index contributed by atoms with van der Waals surface area (Å²) in [6.45, 7) is 0. The first-order valence-corrected chi connectivity index (χ1v) is 7.40. The number of benzene rings is 2. The van der Waals surface area contributed by atoms with Gasteiger partial charge in [0.05, 0.1) is 6.04 Å². The highest BCUT2D eigenvalue weighted by atomic mass is 32.2. The van der Waals surface area contributed by atoms with Gasteiger partial charge in [0.15, 0.2) is 0 Å². The highest BCUT2D eigenvalue weighted by Gasteiger charge is 2.13. The molecule has 2 aromatic carbocycles. The van der Waals surface area contributed by atoms with Gasteiger partial charge in [0, 0.05) is 11.0 Å². The van der Waals surface area contributed by atoms with E-state index >= 15 is 0 Å². The van der Waals surface area contributed by atoms with Crippen LogP contribution < -0.4 is 11.3 Å². The van der Waals surface area contributed by atoms with Gasteiger partial charge in [-0.1, -0.05) is 18.2 Å². The maximum Gasteiger partial charge on any atom is 0.129 e. The molecule has 0 saturated carbocycles. The van der Waals surface area contributed by atoms with E-state index in [1.54, 1.807) is 11.8 Å². The summed E-state index contributed by atoms with van der Waals surface area (Å²) in [4.78, 5) is 1.15. The van der Waals surface area contributed by atoms with E-state index in [1.165, 1.54) is 12.1 Å². The van der Waals surface area contributed by atoms with Gasteiger partial charge in [0.25, 0.3) is 0 Å². The number of rotatable bonds is 5. The van der Waals surface area contributed by atoms with E-state index in [0.717, 1.165) is 16.5 Å². The summed E-state index contributed by atoms with van der Waals surface area (Å²) in [6, 6.07) is 11.3. The number of hydrazine groups is 1. The van der Waals surface area contributed by atoms with Gasteiger partial charge in [0.1, 0.15) is 11.6 Å². The molecule has 0 heterocycles. The summed E-state index contributed by atoms with van der Waals surface area (Å²) < 4.78 is 26.6. The molecule has 2 aromatic rings. The maximum atomic E-state index is 13.7. The molecule has 3 N–H and O–H groups in total. The molecule has 0 aliphatic heterocycles. The van der Waals surface area contributed by atoms with Gasteiger partial charge in [-0.25, -0.2) is 8.78 Å². The lowest BCUT2D eigenvalue weighted by molar-refractivity contribution is 0.522. The van der Waals surface area contributed by atoms with Gasteiger partial charge >= 0.3 is 0 Å². The monoisotopic (exact) mass is 294 g/mol. The van der Waals surface area contributed by atoms with E-state index in [4.69, 9.17) is 5.84 Å². The van der Waals surface area contributed by atoms with Crippen LogP contribution in [0.4, 0.5) is 8.78 Å². The molecule has 0 saturated heterocycles. The Hall–Kier alpha value is -1.43. The van der Waals surface area contributed by atoms with Crippen LogP contribution in [0.1, 0.15) is 17.2 Å². The Balaban J connectivity index is 2.19. The fourth-order valence-corrected chi connectivity index (χ4v) is 2.42. The molecule has 0 amide bonds. The topological polar surface area (TPSA) is 38.0 Å². The highest BCUT2D eigenvalue weighted by molar-refractivity contribution is 7.98. The van der Waals surface area contributed by atoms with E-state index in [0.29, 0.717) is 12.0 Å². The van der Waals surface area contributed by atoms with Crippen molar-refractivity contribution in [2.45, 2.75) is 17.4 Å². The minimum absolute atomic E-state index is 0.217. The van der Waals surface area contributed by atoms with Crippen LogP contribution in [0.25, 0.3) is 0 Å². The quantitative estimate of drug-likeness (QED) is 0.504. The fraction of sp³-hybridized carbons (Fsp3) is 0.200. The van der Waals surface area contributed by atoms with Crippen molar-refractivity contribution < 1.29 is 8.78 Å². The Morgan fingerprint density at radius 1 is 1.15 bits per heavy atom. The number of halogens is 2. The fourth-order valence-electron chi connectivity index (χ4n) is 2.02. The SMILES string of the molecule is CSc1ccc(C(Cc2ccc(F)cc2F)NN)cc1. The highest BCUT2D eigenvalue weighted by Crippen LogP contribution is 2.23. The van der Waals surface area contributed by atoms with Gasteiger partial charge in [-0.15, -0.1) is 11.8 Å². The summed E-state index contributed by atoms with van der Waals surface area (Å²) in [5.74, 6) is 4.43. The molecule has 0 aliphatic carbocycles. The molecular weight excluding hydrogens is 278 g/mol. The first kappa shape index (κ1) is 15.0. The third-order valence-electron chi connectivity index (χ3n) is 3.16. The lowest BCUT2D eigenvalue weighted by atomic mass is 9.99. The van der Waals surface area contributed by atoms with Crippen LogP contribution in [-0.4, -0.2) is 6.26 Å². The Morgan fingerprint density at radius 3 is 2.40 bits per heavy atom. The van der Waals surface area contributed by atoms with Crippen molar-refractivity contribution in [3.8, 4) is 0 Å². The second kappa shape index (κ2) is 6.83. The van der Waals surface area contributed by atoms with Gasteiger partial charge in [0.2, 0.25) is 0 Å². The Morgan fingerprint density at radius 2 is 1.85 bits per heavy atom. The molecular formula is C15H16F2N2S. The van der Waals surface area contributed by atoms with Crippen molar-refractivity contribution in [2.24, 2.45) is 5.84 Å². The van der Waals surface area contributed by atoms with Gasteiger partial charge in [-0.05, 0) is 42.0 Å². The second-order valence-electron chi connectivity index (χ2n) is 4.43. The zero-order valence-electron chi connectivity index (χ0n) is 11.1. The van der Waals surface area contributed by atoms with Crippen molar-refractivity contribution in [3.05, 3.63) is 65.2 Å². The minimum Gasteiger partial charge on any atom is -0.271 e. The van der Waals surface area contributed by atoms with Crippen LogP contribution in [-0.2, 0) is 6.42 Å². The number of nitrogens with two attached hydrogens (primary N) is 1. The van der Waals surface area contributed by atoms with E-state index in [1.807, 2.05) is 30.5 Å². The molecule has 2 nitrogen and oxygen atoms in total. The summed E-state index contributed by atoms with van der Waals surface area (Å²) in [7, 11) is 0. The van der Waals surface area contributed by atoms with Crippen molar-refractivity contribution in [3.63, 3.8) is 0 Å². The largest absolute Gasteiger partial charge is 0.271 e. The average Bonchev–Trinajstić information content (AvgIpc) is 2.47. The molecule has 0 fully saturated rings. The van der Waals surface area contributed by atoms with Crippen molar-refractivity contribution in [2.75, 3.05) is 6.26 Å². The van der Waals surface area contributed by atoms with Gasteiger partial charge in [-0.2, -0.15) is 0 Å². The van der Waals surface area contributed by atoms with Crippen LogP contribution in [0.5, 0.6) is 0 Å². The molecule has 0 radical (unpaired) electrons. The van der Waals surface area contributed by atoms with Crippen LogP contribution >= 0.6 is 11.8 Å². The van der Waals surface area contributed by atoms with Crippen molar-refractivity contribution in [1.29, 1.82) is 0 Å². The standard InChI is InChI=1S/C15H16F2N2S/c1-20-13-6-3-10(4-7-13)15(19-18)8-11-2-5-12(16)9-14(11)17/h2-7,9,15,19H,8,18H2,1H3. The summed E-state index contributed by atoms with van der Waals surface area (Å²) >= 11 is 1.65. The maximum absolute atomic E-state index is 13.7. The number of thioether (sulfide) groups is 1. The average molecular weight is 294 g/mol. The van der Waals surface area contributed by atoms with E-state index in [2.05, 4.69) is 5.43 Å². The lowest BCUT2D eigenvalue weighted by Gasteiger charge is -2.17. The molecule has 1 unspecified atom stereocenters. The molecule has 0 aliphatic rings. The summed E-state index contributed by atoms with van der Waals surface area (Å²) in [5, 5.41) is 0. The minimum atomic E-state index is -0.576. The molecule has 106 valence electrons. The number of hydrogen-bond donors (Lipinski definition) is 2. The van der Waals surface area contributed by atoms with E-state index in [9.17, 15) is 8.78 Å². The molecule has 20 heavy (non-hydrogen) atoms. The molecule has 1 atom stereocenters. The summed E-state index contributed by atoms with van der Waals surface area (Å²) in [5.41, 5.74) is 4.08. The number of hydrogen-bond acceptors (Lipinski definition) is 3. The zero-order valence-corrected chi connectivity index (χ0v) is 11.9.